The van der Waals surface area contributed by atoms with E-state index in [0.717, 1.165) is 19.1 Å². The van der Waals surface area contributed by atoms with Gasteiger partial charge < -0.3 is 5.32 Å². The Morgan fingerprint density at radius 2 is 1.79 bits per heavy atom. The number of carbonyl (C=O) groups excluding carboxylic acids is 2. The fraction of sp³-hybridized carbons (Fsp3) is 0.250. The second kappa shape index (κ2) is 8.71. The lowest BCUT2D eigenvalue weighted by atomic mass is 10.2. The smallest absolute Gasteiger partial charge is 0.257 e. The van der Waals surface area contributed by atoms with Crippen LogP contribution in [0.2, 0.25) is 0 Å². The van der Waals surface area contributed by atoms with Gasteiger partial charge in [-0.1, -0.05) is 24.7 Å². The van der Waals surface area contributed by atoms with E-state index in [1.165, 1.54) is 17.4 Å². The second-order valence-electron chi connectivity index (χ2n) is 6.60. The number of unbranched alkanes of at least 4 members (excludes halogenated alkanes) is 1. The van der Waals surface area contributed by atoms with Gasteiger partial charge in [-0.25, -0.2) is 13.4 Å². The summed E-state index contributed by atoms with van der Waals surface area (Å²) in [6, 6.07) is 11.3. The van der Waals surface area contributed by atoms with Gasteiger partial charge in [0, 0.05) is 23.9 Å². The van der Waals surface area contributed by atoms with Crippen LogP contribution in [-0.2, 0) is 14.6 Å². The minimum atomic E-state index is -3.31. The van der Waals surface area contributed by atoms with Crippen LogP contribution in [0.4, 0.5) is 10.8 Å². The van der Waals surface area contributed by atoms with E-state index >= 15 is 0 Å². The van der Waals surface area contributed by atoms with Gasteiger partial charge in [-0.3, -0.25) is 14.9 Å². The molecule has 2 N–H and O–H groups in total. The van der Waals surface area contributed by atoms with E-state index in [9.17, 15) is 18.0 Å². The molecule has 0 aliphatic heterocycles. The van der Waals surface area contributed by atoms with Gasteiger partial charge in [-0.2, -0.15) is 0 Å². The van der Waals surface area contributed by atoms with Crippen LogP contribution in [0.1, 0.15) is 36.5 Å². The van der Waals surface area contributed by atoms with Gasteiger partial charge in [0.2, 0.25) is 5.91 Å². The van der Waals surface area contributed by atoms with Gasteiger partial charge in [0.1, 0.15) is 0 Å². The molecule has 0 spiro atoms. The molecule has 9 heteroatoms. The monoisotopic (exact) mass is 431 g/mol. The van der Waals surface area contributed by atoms with Crippen molar-refractivity contribution >= 4 is 54.0 Å². The van der Waals surface area contributed by atoms with E-state index in [2.05, 4.69) is 15.6 Å². The number of anilines is 2. The third-order valence-electron chi connectivity index (χ3n) is 4.20. The maximum Gasteiger partial charge on any atom is 0.257 e. The summed E-state index contributed by atoms with van der Waals surface area (Å²) in [5.74, 6) is -0.386. The first-order chi connectivity index (χ1) is 13.8. The summed E-state index contributed by atoms with van der Waals surface area (Å²) >= 11 is 1.21. The topological polar surface area (TPSA) is 105 Å². The predicted molar refractivity (Wildman–Crippen MR) is 115 cm³/mol. The van der Waals surface area contributed by atoms with Crippen LogP contribution in [0.5, 0.6) is 0 Å². The number of thiazole rings is 1. The third-order valence-corrected chi connectivity index (χ3v) is 6.24. The molecular formula is C20H21N3O4S2. The van der Waals surface area contributed by atoms with Crippen molar-refractivity contribution in [2.75, 3.05) is 16.9 Å². The molecule has 0 atom stereocenters. The van der Waals surface area contributed by atoms with E-state index in [-0.39, 0.29) is 16.7 Å². The van der Waals surface area contributed by atoms with Crippen LogP contribution in [0, 0.1) is 0 Å². The highest BCUT2D eigenvalue weighted by molar-refractivity contribution is 7.90. The molecule has 152 valence electrons. The van der Waals surface area contributed by atoms with Crippen molar-refractivity contribution < 1.29 is 18.0 Å². The predicted octanol–water partition coefficient (Wildman–Crippen LogP) is 4.08. The minimum absolute atomic E-state index is 0.0491. The molecular weight excluding hydrogens is 410 g/mol. The van der Waals surface area contributed by atoms with Crippen molar-refractivity contribution in [3.05, 3.63) is 48.0 Å². The summed E-state index contributed by atoms with van der Waals surface area (Å²) in [7, 11) is -3.31. The van der Waals surface area contributed by atoms with Gasteiger partial charge in [0.25, 0.3) is 5.91 Å². The maximum absolute atomic E-state index is 12.5. The number of hydrogen-bond acceptors (Lipinski definition) is 6. The lowest BCUT2D eigenvalue weighted by molar-refractivity contribution is -0.116. The molecule has 0 radical (unpaired) electrons. The minimum Gasteiger partial charge on any atom is -0.326 e. The van der Waals surface area contributed by atoms with Crippen LogP contribution in [-0.4, -0.2) is 31.5 Å². The van der Waals surface area contributed by atoms with E-state index in [1.807, 2.05) is 6.92 Å². The summed E-state index contributed by atoms with van der Waals surface area (Å²) in [4.78, 5) is 28.8. The zero-order valence-corrected chi connectivity index (χ0v) is 17.7. The first-order valence-corrected chi connectivity index (χ1v) is 11.8. The number of aromatic nitrogens is 1. The SMILES string of the molecule is CCCCC(=O)Nc1ccc(C(=O)Nc2nc3ccc(S(C)(=O)=O)cc3s2)cc1. The lowest BCUT2D eigenvalue weighted by Crippen LogP contribution is -2.13. The Kier molecular flexibility index (Phi) is 6.29. The molecule has 1 heterocycles. The number of rotatable bonds is 7. The quantitative estimate of drug-likeness (QED) is 0.586. The Labute approximate surface area is 173 Å². The fourth-order valence-corrected chi connectivity index (χ4v) is 4.25. The normalized spacial score (nSPS) is 11.4. The standard InChI is InChI=1S/C20H21N3O4S2/c1-3-4-5-18(24)21-14-8-6-13(7-9-14)19(25)23-20-22-16-11-10-15(29(2,26)27)12-17(16)28-20/h6-12H,3-5H2,1-2H3,(H,21,24)(H,22,23,25). The first-order valence-electron chi connectivity index (χ1n) is 9.08. The second-order valence-corrected chi connectivity index (χ2v) is 9.65. The van der Waals surface area contributed by atoms with E-state index < -0.39 is 9.84 Å². The molecule has 1 aromatic heterocycles. The summed E-state index contributed by atoms with van der Waals surface area (Å²) in [5.41, 5.74) is 1.67. The van der Waals surface area contributed by atoms with Crippen molar-refractivity contribution in [2.24, 2.45) is 0 Å². The highest BCUT2D eigenvalue weighted by atomic mass is 32.2. The van der Waals surface area contributed by atoms with Crippen molar-refractivity contribution in [2.45, 2.75) is 31.1 Å². The number of nitrogens with one attached hydrogen (secondary N) is 2. The maximum atomic E-state index is 12.5. The molecule has 0 aliphatic rings. The van der Waals surface area contributed by atoms with Crippen molar-refractivity contribution in [3.8, 4) is 0 Å². The molecule has 0 unspecified atom stereocenters. The molecule has 7 nitrogen and oxygen atoms in total. The Hall–Kier alpha value is -2.78. The molecule has 2 aromatic carbocycles. The van der Waals surface area contributed by atoms with Crippen LogP contribution < -0.4 is 10.6 Å². The van der Waals surface area contributed by atoms with Gasteiger partial charge in [-0.15, -0.1) is 0 Å². The van der Waals surface area contributed by atoms with E-state index in [0.29, 0.717) is 33.0 Å². The number of hydrogen-bond donors (Lipinski definition) is 2. The summed E-state index contributed by atoms with van der Waals surface area (Å²) in [5, 5.41) is 5.91. The number of nitrogens with zero attached hydrogens (tertiary/aromatic N) is 1. The summed E-state index contributed by atoms with van der Waals surface area (Å²) in [6.45, 7) is 2.02. The first kappa shape index (κ1) is 20.9. The molecule has 29 heavy (non-hydrogen) atoms. The largest absolute Gasteiger partial charge is 0.326 e. The fourth-order valence-electron chi connectivity index (χ4n) is 2.62. The van der Waals surface area contributed by atoms with E-state index in [4.69, 9.17) is 0 Å². The molecule has 0 saturated carbocycles. The molecule has 0 bridgehead atoms. The van der Waals surface area contributed by atoms with Crippen LogP contribution >= 0.6 is 11.3 Å². The Morgan fingerprint density at radius 1 is 1.07 bits per heavy atom. The summed E-state index contributed by atoms with van der Waals surface area (Å²) in [6.07, 6.45) is 3.40. The summed E-state index contributed by atoms with van der Waals surface area (Å²) < 4.78 is 24.0. The van der Waals surface area contributed by atoms with Gasteiger partial charge in [-0.05, 0) is 48.9 Å². The number of sulfone groups is 1. The number of carbonyl (C=O) groups is 2. The van der Waals surface area contributed by atoms with Gasteiger partial charge in [0.15, 0.2) is 15.0 Å². The zero-order chi connectivity index (χ0) is 21.0. The third kappa shape index (κ3) is 5.39. The molecule has 0 fully saturated rings. The highest BCUT2D eigenvalue weighted by Crippen LogP contribution is 2.28. The molecule has 2 amide bonds. The average molecular weight is 432 g/mol. The van der Waals surface area contributed by atoms with Gasteiger partial charge in [0.05, 0.1) is 15.1 Å². The Balaban J connectivity index is 1.69. The molecule has 0 aliphatic carbocycles. The van der Waals surface area contributed by atoms with Crippen LogP contribution in [0.3, 0.4) is 0 Å². The molecule has 3 aromatic rings. The molecule has 0 saturated heterocycles. The van der Waals surface area contributed by atoms with E-state index in [1.54, 1.807) is 36.4 Å². The Bertz CT molecular complexity index is 1150. The lowest BCUT2D eigenvalue weighted by Gasteiger charge is -2.06. The Morgan fingerprint density at radius 3 is 2.45 bits per heavy atom. The van der Waals surface area contributed by atoms with Crippen molar-refractivity contribution in [3.63, 3.8) is 0 Å². The number of fused-ring (bicyclic) bond motifs is 1. The number of amides is 2. The van der Waals surface area contributed by atoms with Crippen molar-refractivity contribution in [1.82, 2.24) is 4.98 Å². The van der Waals surface area contributed by atoms with Crippen LogP contribution in [0.25, 0.3) is 10.2 Å². The molecule has 3 rings (SSSR count). The van der Waals surface area contributed by atoms with Crippen LogP contribution in [0.15, 0.2) is 47.4 Å². The van der Waals surface area contributed by atoms with Gasteiger partial charge >= 0.3 is 0 Å². The van der Waals surface area contributed by atoms with Crippen molar-refractivity contribution in [1.29, 1.82) is 0 Å². The zero-order valence-electron chi connectivity index (χ0n) is 16.1. The average Bonchev–Trinajstić information content (AvgIpc) is 3.07. The highest BCUT2D eigenvalue weighted by Gasteiger charge is 2.13. The number of benzene rings is 2.